The van der Waals surface area contributed by atoms with Gasteiger partial charge in [-0.2, -0.15) is 0 Å². The van der Waals surface area contributed by atoms with Gasteiger partial charge in [0.1, 0.15) is 5.76 Å². The molecule has 1 N–H and O–H groups in total. The summed E-state index contributed by atoms with van der Waals surface area (Å²) in [5.74, 6) is 0.762. The zero-order valence-electron chi connectivity index (χ0n) is 7.18. The average Bonchev–Trinajstić information content (AvgIpc) is 2.75. The molecule has 0 aliphatic carbocycles. The number of hydrogen-bond donors (Lipinski definition) is 1. The maximum Gasteiger partial charge on any atom is 0.169 e. The van der Waals surface area contributed by atoms with Crippen molar-refractivity contribution in [3.05, 3.63) is 39.1 Å². The number of aliphatic hydroxyl groups is 1. The molecule has 0 amide bonds. The topological polar surface area (TPSA) is 46.3 Å². The van der Waals surface area contributed by atoms with Crippen molar-refractivity contribution in [2.45, 2.75) is 12.5 Å². The first kappa shape index (κ1) is 9.89. The summed E-state index contributed by atoms with van der Waals surface area (Å²) < 4.78 is 5.98. The fourth-order valence-electron chi connectivity index (χ4n) is 1.14. The summed E-state index contributed by atoms with van der Waals surface area (Å²) in [6.45, 7) is 0. The van der Waals surface area contributed by atoms with Gasteiger partial charge in [0, 0.05) is 12.6 Å². The maximum atomic E-state index is 9.77. The van der Waals surface area contributed by atoms with Gasteiger partial charge in [-0.05, 0) is 28.1 Å². The summed E-state index contributed by atoms with van der Waals surface area (Å²) >= 11 is 4.66. The molecule has 2 heterocycles. The third-order valence-corrected chi connectivity index (χ3v) is 3.11. The lowest BCUT2D eigenvalue weighted by molar-refractivity contribution is 0.173. The lowest BCUT2D eigenvalue weighted by Gasteiger charge is -2.04. The number of rotatable bonds is 3. The second kappa shape index (κ2) is 4.25. The van der Waals surface area contributed by atoms with Crippen molar-refractivity contribution in [2.24, 2.45) is 0 Å². The SMILES string of the molecule is OC(Cc1ccc(Br)o1)c1cncs1. The Balaban J connectivity index is 2.05. The van der Waals surface area contributed by atoms with Gasteiger partial charge in [-0.3, -0.25) is 4.98 Å². The van der Waals surface area contributed by atoms with Crippen molar-refractivity contribution in [2.75, 3.05) is 0 Å². The summed E-state index contributed by atoms with van der Waals surface area (Å²) in [7, 11) is 0. The monoisotopic (exact) mass is 273 g/mol. The minimum atomic E-state index is -0.527. The molecule has 0 aromatic carbocycles. The van der Waals surface area contributed by atoms with E-state index in [2.05, 4.69) is 20.9 Å². The Bertz CT molecular complexity index is 399. The van der Waals surface area contributed by atoms with Crippen molar-refractivity contribution < 1.29 is 9.52 Å². The molecule has 0 aliphatic rings. The predicted molar refractivity (Wildman–Crippen MR) is 57.2 cm³/mol. The Kier molecular flexibility index (Phi) is 3.00. The first-order chi connectivity index (χ1) is 6.75. The second-order valence-corrected chi connectivity index (χ2v) is 4.53. The van der Waals surface area contributed by atoms with Crippen molar-refractivity contribution in [1.29, 1.82) is 0 Å². The van der Waals surface area contributed by atoms with Crippen LogP contribution in [0, 0.1) is 0 Å². The molecule has 2 aromatic heterocycles. The number of furan rings is 1. The van der Waals surface area contributed by atoms with Crippen LogP contribution in [0.3, 0.4) is 0 Å². The lowest BCUT2D eigenvalue weighted by Crippen LogP contribution is -1.98. The molecular weight excluding hydrogens is 266 g/mol. The molecule has 0 bridgehead atoms. The van der Waals surface area contributed by atoms with E-state index >= 15 is 0 Å². The minimum Gasteiger partial charge on any atom is -0.454 e. The molecule has 2 aromatic rings. The Hall–Kier alpha value is -0.650. The van der Waals surface area contributed by atoms with Gasteiger partial charge in [0.2, 0.25) is 0 Å². The molecule has 0 spiro atoms. The zero-order chi connectivity index (χ0) is 9.97. The van der Waals surface area contributed by atoms with Crippen LogP contribution >= 0.6 is 27.3 Å². The van der Waals surface area contributed by atoms with E-state index in [9.17, 15) is 5.11 Å². The van der Waals surface area contributed by atoms with Crippen molar-refractivity contribution in [1.82, 2.24) is 4.98 Å². The average molecular weight is 274 g/mol. The van der Waals surface area contributed by atoms with Crippen molar-refractivity contribution in [3.63, 3.8) is 0 Å². The minimum absolute atomic E-state index is 0.480. The smallest absolute Gasteiger partial charge is 0.169 e. The number of halogens is 1. The molecule has 5 heteroatoms. The van der Waals surface area contributed by atoms with Crippen LogP contribution in [-0.4, -0.2) is 10.1 Å². The van der Waals surface area contributed by atoms with Crippen molar-refractivity contribution >= 4 is 27.3 Å². The largest absolute Gasteiger partial charge is 0.454 e. The molecule has 2 rings (SSSR count). The van der Waals surface area contributed by atoms with Gasteiger partial charge in [0.15, 0.2) is 4.67 Å². The second-order valence-electron chi connectivity index (χ2n) is 2.83. The van der Waals surface area contributed by atoms with Gasteiger partial charge in [-0.25, -0.2) is 0 Å². The normalized spacial score (nSPS) is 13.0. The maximum absolute atomic E-state index is 9.77. The van der Waals surface area contributed by atoms with Crippen LogP contribution in [0.1, 0.15) is 16.7 Å². The van der Waals surface area contributed by atoms with Gasteiger partial charge >= 0.3 is 0 Å². The van der Waals surface area contributed by atoms with Crippen molar-refractivity contribution in [3.8, 4) is 0 Å². The molecule has 1 unspecified atom stereocenters. The zero-order valence-corrected chi connectivity index (χ0v) is 9.59. The highest BCUT2D eigenvalue weighted by molar-refractivity contribution is 9.10. The van der Waals surface area contributed by atoms with Gasteiger partial charge < -0.3 is 9.52 Å². The fourth-order valence-corrected chi connectivity index (χ4v) is 2.09. The number of hydrogen-bond acceptors (Lipinski definition) is 4. The van der Waals surface area contributed by atoms with Gasteiger partial charge in [-0.1, -0.05) is 0 Å². The predicted octanol–water partition coefficient (Wildman–Crippen LogP) is 2.77. The molecule has 0 saturated heterocycles. The van der Waals surface area contributed by atoms with Crippen LogP contribution in [0.4, 0.5) is 0 Å². The molecule has 0 saturated carbocycles. The van der Waals surface area contributed by atoms with E-state index in [1.165, 1.54) is 11.3 Å². The Morgan fingerprint density at radius 2 is 2.43 bits per heavy atom. The standard InChI is InChI=1S/C9H8BrNO2S/c10-9-2-1-6(13-9)3-7(12)8-4-11-5-14-8/h1-2,4-5,7,12H,3H2. The van der Waals surface area contributed by atoms with Crippen LogP contribution in [0.25, 0.3) is 0 Å². The van der Waals surface area contributed by atoms with Crippen LogP contribution < -0.4 is 0 Å². The number of aliphatic hydroxyl groups excluding tert-OH is 1. The van der Waals surface area contributed by atoms with Gasteiger partial charge in [0.25, 0.3) is 0 Å². The Morgan fingerprint density at radius 3 is 3.00 bits per heavy atom. The van der Waals surface area contributed by atoms with Crippen LogP contribution in [0.5, 0.6) is 0 Å². The first-order valence-electron chi connectivity index (χ1n) is 4.06. The summed E-state index contributed by atoms with van der Waals surface area (Å²) in [4.78, 5) is 4.77. The summed E-state index contributed by atoms with van der Waals surface area (Å²) in [6, 6.07) is 3.66. The molecule has 1 atom stereocenters. The molecule has 74 valence electrons. The van der Waals surface area contributed by atoms with Crippen LogP contribution in [0.2, 0.25) is 0 Å². The molecule has 0 radical (unpaired) electrons. The Labute approximate surface area is 93.5 Å². The molecule has 0 aliphatic heterocycles. The Morgan fingerprint density at radius 1 is 1.57 bits per heavy atom. The highest BCUT2D eigenvalue weighted by atomic mass is 79.9. The van der Waals surface area contributed by atoms with E-state index < -0.39 is 6.10 Å². The van der Waals surface area contributed by atoms with Gasteiger partial charge in [0.05, 0.1) is 16.5 Å². The molecule has 3 nitrogen and oxygen atoms in total. The third kappa shape index (κ3) is 2.23. The third-order valence-electron chi connectivity index (χ3n) is 1.80. The molecule has 0 fully saturated rings. The van der Waals surface area contributed by atoms with E-state index in [0.717, 1.165) is 10.6 Å². The first-order valence-corrected chi connectivity index (χ1v) is 5.73. The number of aromatic nitrogens is 1. The van der Waals surface area contributed by atoms with E-state index in [0.29, 0.717) is 11.1 Å². The highest BCUT2D eigenvalue weighted by Crippen LogP contribution is 2.23. The van der Waals surface area contributed by atoms with Gasteiger partial charge in [-0.15, -0.1) is 11.3 Å². The highest BCUT2D eigenvalue weighted by Gasteiger charge is 2.12. The summed E-state index contributed by atoms with van der Waals surface area (Å²) in [6.07, 6.45) is 1.63. The summed E-state index contributed by atoms with van der Waals surface area (Å²) in [5, 5.41) is 9.77. The number of thiazole rings is 1. The lowest BCUT2D eigenvalue weighted by atomic mass is 10.2. The fraction of sp³-hybridized carbons (Fsp3) is 0.222. The van der Waals surface area contributed by atoms with E-state index in [4.69, 9.17) is 4.42 Å². The summed E-state index contributed by atoms with van der Waals surface area (Å²) in [5.41, 5.74) is 1.70. The van der Waals surface area contributed by atoms with Crippen LogP contribution in [0.15, 0.2) is 32.9 Å². The molecule has 14 heavy (non-hydrogen) atoms. The molecular formula is C9H8BrNO2S. The quantitative estimate of drug-likeness (QED) is 0.936. The van der Waals surface area contributed by atoms with E-state index in [-0.39, 0.29) is 0 Å². The van der Waals surface area contributed by atoms with E-state index in [1.54, 1.807) is 11.7 Å². The van der Waals surface area contributed by atoms with Crippen LogP contribution in [-0.2, 0) is 6.42 Å². The number of nitrogens with zero attached hydrogens (tertiary/aromatic N) is 1. The van der Waals surface area contributed by atoms with E-state index in [1.807, 2.05) is 12.1 Å².